The molecular weight excluding hydrogens is 456 g/mol. The normalized spacial score (nSPS) is 17.5. The van der Waals surface area contributed by atoms with E-state index in [4.69, 9.17) is 0 Å². The summed E-state index contributed by atoms with van der Waals surface area (Å²) < 4.78 is 28.6. The molecule has 1 amide bonds. The molecule has 1 N–H and O–H groups in total. The summed E-state index contributed by atoms with van der Waals surface area (Å²) in [5, 5.41) is 6.13. The van der Waals surface area contributed by atoms with Crippen molar-refractivity contribution < 1.29 is 13.2 Å². The summed E-state index contributed by atoms with van der Waals surface area (Å²) in [4.78, 5) is 19.5. The van der Waals surface area contributed by atoms with Crippen molar-refractivity contribution in [2.24, 2.45) is 10.3 Å². The molecule has 9 heteroatoms. The van der Waals surface area contributed by atoms with Crippen LogP contribution in [0.25, 0.3) is 11.3 Å². The Balaban J connectivity index is 1.16. The summed E-state index contributed by atoms with van der Waals surface area (Å²) in [5.41, 5.74) is 3.73. The van der Waals surface area contributed by atoms with E-state index in [0.717, 1.165) is 21.8 Å². The number of amidine groups is 1. The van der Waals surface area contributed by atoms with Gasteiger partial charge in [-0.05, 0) is 37.5 Å². The minimum Gasteiger partial charge on any atom is -0.355 e. The van der Waals surface area contributed by atoms with E-state index < -0.39 is 10.0 Å². The third kappa shape index (κ3) is 4.43. The van der Waals surface area contributed by atoms with Crippen molar-refractivity contribution in [2.75, 3.05) is 13.1 Å². The van der Waals surface area contributed by atoms with Crippen molar-refractivity contribution in [1.82, 2.24) is 15.2 Å². The van der Waals surface area contributed by atoms with Crippen LogP contribution in [0.5, 0.6) is 0 Å². The Morgan fingerprint density at radius 3 is 2.55 bits per heavy atom. The van der Waals surface area contributed by atoms with Gasteiger partial charge in [-0.2, -0.15) is 8.42 Å². The van der Waals surface area contributed by atoms with Crippen LogP contribution < -0.4 is 5.32 Å². The van der Waals surface area contributed by atoms with Crippen LogP contribution in [0.15, 0.2) is 63.2 Å². The Labute approximate surface area is 197 Å². The topological polar surface area (TPSA) is 91.7 Å². The van der Waals surface area contributed by atoms with E-state index in [1.165, 1.54) is 0 Å². The number of aromatic nitrogens is 1. The third-order valence-corrected chi connectivity index (χ3v) is 8.21. The van der Waals surface area contributed by atoms with Gasteiger partial charge in [0, 0.05) is 42.1 Å². The van der Waals surface area contributed by atoms with Crippen LogP contribution in [-0.4, -0.2) is 43.1 Å². The zero-order valence-corrected chi connectivity index (χ0v) is 19.8. The minimum atomic E-state index is -3.63. The molecule has 0 saturated carbocycles. The number of carbonyl (C=O) groups excluding carboxylic acids is 1. The lowest BCUT2D eigenvalue weighted by Gasteiger charge is -2.32. The molecule has 170 valence electrons. The number of thiazole rings is 1. The van der Waals surface area contributed by atoms with Gasteiger partial charge in [-0.15, -0.1) is 15.7 Å². The third-order valence-electron chi connectivity index (χ3n) is 6.11. The second-order valence-electron chi connectivity index (χ2n) is 8.31. The average molecular weight is 481 g/mol. The van der Waals surface area contributed by atoms with Crippen LogP contribution in [0.3, 0.4) is 0 Å². The molecule has 5 rings (SSSR count). The number of nitrogens with one attached hydrogen (secondary N) is 1. The number of aryl methyl sites for hydroxylation is 1. The van der Waals surface area contributed by atoms with Crippen LogP contribution in [0, 0.1) is 12.8 Å². The van der Waals surface area contributed by atoms with Gasteiger partial charge in [-0.25, -0.2) is 4.98 Å². The standard InChI is InChI=1S/C24H24N4O3S2/c1-16-26-21(15-32-16)18-8-6-17(7-9-18)14-25-24(29)19-10-12-28(13-11-19)23-20-4-2-3-5-22(20)33(30,31)27-23/h2-9,15,19H,10-14H2,1H3,(H,25,29). The number of likely N-dealkylation sites (tertiary alicyclic amines) is 1. The smallest absolute Gasteiger partial charge is 0.285 e. The van der Waals surface area contributed by atoms with Gasteiger partial charge >= 0.3 is 0 Å². The molecule has 1 saturated heterocycles. The van der Waals surface area contributed by atoms with E-state index in [1.807, 2.05) is 47.5 Å². The van der Waals surface area contributed by atoms with Crippen LogP contribution in [0.2, 0.25) is 0 Å². The van der Waals surface area contributed by atoms with Crippen LogP contribution in [0.4, 0.5) is 0 Å². The summed E-state index contributed by atoms with van der Waals surface area (Å²) in [6.45, 7) is 3.67. The molecule has 0 aliphatic carbocycles. The summed E-state index contributed by atoms with van der Waals surface area (Å²) in [6.07, 6.45) is 1.32. The Hall–Kier alpha value is -3.04. The Morgan fingerprint density at radius 1 is 1.12 bits per heavy atom. The summed E-state index contributed by atoms with van der Waals surface area (Å²) in [6, 6.07) is 15.0. The fraction of sp³-hybridized carbons (Fsp3) is 0.292. The number of hydrogen-bond donors (Lipinski definition) is 1. The van der Waals surface area contributed by atoms with Crippen LogP contribution in [-0.2, 0) is 21.4 Å². The molecule has 2 aromatic carbocycles. The maximum absolute atomic E-state index is 12.7. The average Bonchev–Trinajstić information content (AvgIpc) is 3.39. The van der Waals surface area contributed by atoms with Gasteiger partial charge in [0.05, 0.1) is 10.7 Å². The summed E-state index contributed by atoms with van der Waals surface area (Å²) >= 11 is 1.63. The Bertz CT molecular complexity index is 1320. The first kappa shape index (κ1) is 21.8. The van der Waals surface area contributed by atoms with Gasteiger partial charge in [0.25, 0.3) is 10.0 Å². The summed E-state index contributed by atoms with van der Waals surface area (Å²) in [5.74, 6) is 0.447. The molecule has 0 atom stereocenters. The number of sulfonamides is 1. The van der Waals surface area contributed by atoms with E-state index in [0.29, 0.717) is 43.9 Å². The number of amides is 1. The second-order valence-corrected chi connectivity index (χ2v) is 10.9. The predicted octanol–water partition coefficient (Wildman–Crippen LogP) is 3.60. The van der Waals surface area contributed by atoms with Gasteiger partial charge in [0.2, 0.25) is 5.91 Å². The Morgan fingerprint density at radius 2 is 1.85 bits per heavy atom. The largest absolute Gasteiger partial charge is 0.355 e. The van der Waals surface area contributed by atoms with Crippen LogP contribution >= 0.6 is 11.3 Å². The molecule has 2 aliphatic rings. The van der Waals surface area contributed by atoms with Crippen molar-refractivity contribution >= 4 is 33.1 Å². The monoisotopic (exact) mass is 480 g/mol. The van der Waals surface area contributed by atoms with Gasteiger partial charge in [-0.1, -0.05) is 36.4 Å². The quantitative estimate of drug-likeness (QED) is 0.616. The van der Waals surface area contributed by atoms with Gasteiger partial charge in [-0.3, -0.25) is 4.79 Å². The highest BCUT2D eigenvalue weighted by Crippen LogP contribution is 2.29. The molecule has 0 bridgehead atoms. The van der Waals surface area contributed by atoms with Crippen LogP contribution in [0.1, 0.15) is 29.0 Å². The lowest BCUT2D eigenvalue weighted by molar-refractivity contribution is -0.126. The highest BCUT2D eigenvalue weighted by atomic mass is 32.2. The van der Waals surface area contributed by atoms with E-state index in [2.05, 4.69) is 14.7 Å². The number of benzene rings is 2. The molecule has 1 aromatic heterocycles. The maximum Gasteiger partial charge on any atom is 0.285 e. The molecular formula is C24H24N4O3S2. The molecule has 7 nitrogen and oxygen atoms in total. The number of piperidine rings is 1. The predicted molar refractivity (Wildman–Crippen MR) is 129 cm³/mol. The molecule has 1 fully saturated rings. The lowest BCUT2D eigenvalue weighted by Crippen LogP contribution is -2.42. The molecule has 0 radical (unpaired) electrons. The van der Waals surface area contributed by atoms with E-state index in [9.17, 15) is 13.2 Å². The molecule has 2 aliphatic heterocycles. The van der Waals surface area contributed by atoms with Gasteiger partial charge in [0.15, 0.2) is 5.84 Å². The van der Waals surface area contributed by atoms with Crippen molar-refractivity contribution in [1.29, 1.82) is 0 Å². The molecule has 3 heterocycles. The molecule has 0 spiro atoms. The molecule has 0 unspecified atom stereocenters. The first-order valence-corrected chi connectivity index (χ1v) is 13.2. The van der Waals surface area contributed by atoms with Crippen molar-refractivity contribution in [3.05, 3.63) is 70.0 Å². The van der Waals surface area contributed by atoms with Gasteiger partial charge < -0.3 is 10.2 Å². The number of fused-ring (bicyclic) bond motifs is 1. The van der Waals surface area contributed by atoms with Gasteiger partial charge in [0.1, 0.15) is 4.90 Å². The number of nitrogens with zero attached hydrogens (tertiary/aromatic N) is 3. The minimum absolute atomic E-state index is 0.0373. The fourth-order valence-electron chi connectivity index (χ4n) is 4.29. The SMILES string of the molecule is Cc1nc(-c2ccc(CNC(=O)C3CCN(C4=NS(=O)(=O)c5ccccc54)CC3)cc2)cs1. The lowest BCUT2D eigenvalue weighted by atomic mass is 9.95. The first-order valence-electron chi connectivity index (χ1n) is 10.9. The number of carbonyl (C=O) groups is 1. The van der Waals surface area contributed by atoms with Crippen molar-refractivity contribution in [3.8, 4) is 11.3 Å². The second kappa shape index (κ2) is 8.72. The Kier molecular flexibility index (Phi) is 5.76. The van der Waals surface area contributed by atoms with Crippen molar-refractivity contribution in [2.45, 2.75) is 31.2 Å². The van der Waals surface area contributed by atoms with E-state index >= 15 is 0 Å². The fourth-order valence-corrected chi connectivity index (χ4v) is 6.14. The summed E-state index contributed by atoms with van der Waals surface area (Å²) in [7, 11) is -3.63. The molecule has 3 aromatic rings. The highest BCUT2D eigenvalue weighted by molar-refractivity contribution is 7.90. The molecule has 33 heavy (non-hydrogen) atoms. The van der Waals surface area contributed by atoms with E-state index in [-0.39, 0.29) is 16.7 Å². The maximum atomic E-state index is 12.7. The first-order chi connectivity index (χ1) is 15.9. The number of rotatable bonds is 4. The zero-order valence-electron chi connectivity index (χ0n) is 18.2. The highest BCUT2D eigenvalue weighted by Gasteiger charge is 2.34. The number of hydrogen-bond acceptors (Lipinski definition) is 6. The van der Waals surface area contributed by atoms with E-state index in [1.54, 1.807) is 29.5 Å². The zero-order chi connectivity index (χ0) is 23.0. The van der Waals surface area contributed by atoms with Crippen molar-refractivity contribution in [3.63, 3.8) is 0 Å².